The van der Waals surface area contributed by atoms with Crippen LogP contribution in [0.15, 0.2) is 16.5 Å². The maximum Gasteiger partial charge on any atom is 0.245 e. The Labute approximate surface area is 110 Å². The van der Waals surface area contributed by atoms with Crippen LogP contribution in [-0.4, -0.2) is 31.1 Å². The first-order chi connectivity index (χ1) is 8.59. The highest BCUT2D eigenvalue weighted by atomic mass is 32.1. The number of hydrogen-bond donors (Lipinski definition) is 1. The van der Waals surface area contributed by atoms with Gasteiger partial charge in [0.05, 0.1) is 25.8 Å². The smallest absolute Gasteiger partial charge is 0.245 e. The number of nitrogens with one attached hydrogen (secondary N) is 1. The van der Waals surface area contributed by atoms with Gasteiger partial charge in [-0.1, -0.05) is 0 Å². The van der Waals surface area contributed by atoms with Crippen molar-refractivity contribution in [3.63, 3.8) is 0 Å². The van der Waals surface area contributed by atoms with Gasteiger partial charge in [-0.15, -0.1) is 11.3 Å². The molecule has 0 spiro atoms. The Hall–Kier alpha value is -1.24. The number of carbonyl (C=O) groups excluding carboxylic acids is 1. The monoisotopic (exact) mass is 268 g/mol. The number of aryl methyl sites for hydroxylation is 1. The van der Waals surface area contributed by atoms with Gasteiger partial charge in [-0.25, -0.2) is 5.43 Å². The summed E-state index contributed by atoms with van der Waals surface area (Å²) < 4.78 is 10.7. The lowest BCUT2D eigenvalue weighted by molar-refractivity contribution is -0.159. The molecule has 1 aliphatic heterocycles. The summed E-state index contributed by atoms with van der Waals surface area (Å²) in [5, 5.41) is 5.91. The summed E-state index contributed by atoms with van der Waals surface area (Å²) in [5.41, 5.74) is 3.62. The largest absolute Gasteiger partial charge is 0.347 e. The maximum atomic E-state index is 11.6. The van der Waals surface area contributed by atoms with E-state index in [9.17, 15) is 4.79 Å². The molecule has 0 aromatic carbocycles. The summed E-state index contributed by atoms with van der Waals surface area (Å²) in [4.78, 5) is 12.7. The molecular weight excluding hydrogens is 252 g/mol. The molecule has 98 valence electrons. The molecule has 1 aromatic heterocycles. The van der Waals surface area contributed by atoms with Crippen molar-refractivity contribution in [1.82, 2.24) is 5.43 Å². The maximum absolute atomic E-state index is 11.6. The average Bonchev–Trinajstić information content (AvgIpc) is 2.89. The van der Waals surface area contributed by atoms with Crippen molar-refractivity contribution in [3.8, 4) is 0 Å². The fourth-order valence-electron chi connectivity index (χ4n) is 1.67. The van der Waals surface area contributed by atoms with Gasteiger partial charge in [-0.05, 0) is 30.9 Å². The highest BCUT2D eigenvalue weighted by molar-refractivity contribution is 7.11. The van der Waals surface area contributed by atoms with Gasteiger partial charge >= 0.3 is 0 Å². The van der Waals surface area contributed by atoms with Crippen LogP contribution >= 0.6 is 11.3 Å². The Kier molecular flexibility index (Phi) is 4.11. The van der Waals surface area contributed by atoms with Crippen molar-refractivity contribution in [3.05, 3.63) is 21.9 Å². The van der Waals surface area contributed by atoms with Gasteiger partial charge in [0.1, 0.15) is 0 Å². The number of ether oxygens (including phenoxy) is 2. The number of thiophene rings is 1. The van der Waals surface area contributed by atoms with Gasteiger partial charge in [-0.3, -0.25) is 4.79 Å². The molecule has 0 unspecified atom stereocenters. The number of hydrogen-bond acceptors (Lipinski definition) is 5. The third kappa shape index (κ3) is 3.38. The van der Waals surface area contributed by atoms with Crippen LogP contribution in [0.1, 0.15) is 23.8 Å². The predicted octanol–water partition coefficient (Wildman–Crippen LogP) is 1.66. The summed E-state index contributed by atoms with van der Waals surface area (Å²) in [6.45, 7) is 4.82. The zero-order chi connectivity index (χ0) is 13.0. The fourth-order valence-corrected chi connectivity index (χ4v) is 2.46. The van der Waals surface area contributed by atoms with Gasteiger partial charge in [0.15, 0.2) is 5.79 Å². The molecule has 2 rings (SSSR count). The highest BCUT2D eigenvalue weighted by Crippen LogP contribution is 2.22. The molecule has 0 bridgehead atoms. The lowest BCUT2D eigenvalue weighted by atomic mass is 10.2. The number of rotatable bonds is 4. The summed E-state index contributed by atoms with van der Waals surface area (Å²) in [7, 11) is 0. The van der Waals surface area contributed by atoms with Crippen LogP contribution in [0.25, 0.3) is 0 Å². The zero-order valence-electron chi connectivity index (χ0n) is 10.4. The molecule has 18 heavy (non-hydrogen) atoms. The molecule has 1 amide bonds. The molecule has 0 aliphatic carbocycles. The number of hydrazone groups is 1. The fraction of sp³-hybridized carbons (Fsp3) is 0.500. The van der Waals surface area contributed by atoms with Crippen molar-refractivity contribution >= 4 is 23.5 Å². The van der Waals surface area contributed by atoms with E-state index < -0.39 is 5.79 Å². The lowest BCUT2D eigenvalue weighted by Gasteiger charge is -2.20. The second kappa shape index (κ2) is 5.60. The van der Waals surface area contributed by atoms with E-state index in [1.807, 2.05) is 18.4 Å². The molecule has 1 aliphatic rings. The standard InChI is InChI=1S/C12H16N2O3S/c1-9-3-6-18-10(9)8-13-14-11(15)7-12(2)16-4-5-17-12/h3,6,8H,4-5,7H2,1-2H3,(H,14,15)/b13-8+. The molecule has 1 N–H and O–H groups in total. The van der Waals surface area contributed by atoms with Crippen molar-refractivity contribution in [2.45, 2.75) is 26.1 Å². The van der Waals surface area contributed by atoms with Gasteiger partial charge in [0, 0.05) is 4.88 Å². The van der Waals surface area contributed by atoms with Gasteiger partial charge < -0.3 is 9.47 Å². The quantitative estimate of drug-likeness (QED) is 0.667. The number of carbonyl (C=O) groups is 1. The summed E-state index contributed by atoms with van der Waals surface area (Å²) >= 11 is 1.58. The number of amides is 1. The minimum absolute atomic E-state index is 0.147. The molecular formula is C12H16N2O3S. The van der Waals surface area contributed by atoms with E-state index in [-0.39, 0.29) is 12.3 Å². The van der Waals surface area contributed by atoms with E-state index in [4.69, 9.17) is 9.47 Å². The molecule has 1 fully saturated rings. The topological polar surface area (TPSA) is 59.9 Å². The van der Waals surface area contributed by atoms with Crippen LogP contribution in [0.5, 0.6) is 0 Å². The van der Waals surface area contributed by atoms with E-state index >= 15 is 0 Å². The SMILES string of the molecule is Cc1ccsc1/C=N/NC(=O)CC1(C)OCCO1. The minimum atomic E-state index is -0.807. The summed E-state index contributed by atoms with van der Waals surface area (Å²) in [6.07, 6.45) is 1.80. The van der Waals surface area contributed by atoms with Gasteiger partial charge in [-0.2, -0.15) is 5.10 Å². The van der Waals surface area contributed by atoms with Crippen LogP contribution in [0.3, 0.4) is 0 Å². The molecule has 2 heterocycles. The van der Waals surface area contributed by atoms with Crippen molar-refractivity contribution in [2.75, 3.05) is 13.2 Å². The minimum Gasteiger partial charge on any atom is -0.347 e. The summed E-state index contributed by atoms with van der Waals surface area (Å²) in [6, 6.07) is 2.01. The first kappa shape index (κ1) is 13.2. The second-order valence-corrected chi connectivity index (χ2v) is 5.22. The third-order valence-corrected chi connectivity index (χ3v) is 3.61. The van der Waals surface area contributed by atoms with E-state index in [1.165, 1.54) is 0 Å². The lowest BCUT2D eigenvalue weighted by Crippen LogP contribution is -2.33. The Morgan fingerprint density at radius 2 is 2.33 bits per heavy atom. The molecule has 0 radical (unpaired) electrons. The Morgan fingerprint density at radius 1 is 1.61 bits per heavy atom. The molecule has 0 atom stereocenters. The normalized spacial score (nSPS) is 18.3. The van der Waals surface area contributed by atoms with Crippen molar-refractivity contribution in [2.24, 2.45) is 5.10 Å². The average molecular weight is 268 g/mol. The van der Waals surface area contributed by atoms with Crippen molar-refractivity contribution in [1.29, 1.82) is 0 Å². The Morgan fingerprint density at radius 3 is 2.94 bits per heavy atom. The van der Waals surface area contributed by atoms with E-state index in [0.29, 0.717) is 13.2 Å². The first-order valence-electron chi connectivity index (χ1n) is 5.73. The Balaban J connectivity index is 1.81. The summed E-state index contributed by atoms with van der Waals surface area (Å²) in [5.74, 6) is -1.02. The van der Waals surface area contributed by atoms with Gasteiger partial charge in [0.25, 0.3) is 0 Å². The molecule has 6 heteroatoms. The third-order valence-electron chi connectivity index (χ3n) is 2.65. The highest BCUT2D eigenvalue weighted by Gasteiger charge is 2.33. The van der Waals surface area contributed by atoms with E-state index in [0.717, 1.165) is 10.4 Å². The first-order valence-corrected chi connectivity index (χ1v) is 6.61. The Bertz CT molecular complexity index is 450. The van der Waals surface area contributed by atoms with Crippen molar-refractivity contribution < 1.29 is 14.3 Å². The van der Waals surface area contributed by atoms with Crippen LogP contribution in [0, 0.1) is 6.92 Å². The number of nitrogens with zero attached hydrogens (tertiary/aromatic N) is 1. The van der Waals surface area contributed by atoms with Crippen LogP contribution in [-0.2, 0) is 14.3 Å². The molecule has 0 saturated carbocycles. The van der Waals surface area contributed by atoms with Crippen LogP contribution in [0.4, 0.5) is 0 Å². The zero-order valence-corrected chi connectivity index (χ0v) is 11.3. The van der Waals surface area contributed by atoms with Crippen LogP contribution < -0.4 is 5.43 Å². The molecule has 1 aromatic rings. The second-order valence-electron chi connectivity index (χ2n) is 4.27. The van der Waals surface area contributed by atoms with E-state index in [1.54, 1.807) is 24.5 Å². The predicted molar refractivity (Wildman–Crippen MR) is 69.7 cm³/mol. The molecule has 1 saturated heterocycles. The van der Waals surface area contributed by atoms with Gasteiger partial charge in [0.2, 0.25) is 5.91 Å². The molecule has 5 nitrogen and oxygen atoms in total. The van der Waals surface area contributed by atoms with E-state index in [2.05, 4.69) is 10.5 Å². The van der Waals surface area contributed by atoms with Crippen LogP contribution in [0.2, 0.25) is 0 Å².